The van der Waals surface area contributed by atoms with Gasteiger partial charge in [0.2, 0.25) is 0 Å². The molecule has 1 N–H and O–H groups in total. The zero-order valence-electron chi connectivity index (χ0n) is 11.4. The summed E-state index contributed by atoms with van der Waals surface area (Å²) in [5.41, 5.74) is 1.25. The first kappa shape index (κ1) is 15.8. The topological polar surface area (TPSA) is 46.5 Å². The molecule has 0 radical (unpaired) electrons. The fourth-order valence-electron chi connectivity index (χ4n) is 1.75. The summed E-state index contributed by atoms with van der Waals surface area (Å²) in [6.07, 6.45) is 0. The van der Waals surface area contributed by atoms with Gasteiger partial charge in [-0.3, -0.25) is 4.57 Å². The first-order valence-corrected chi connectivity index (χ1v) is 8.33. The maximum atomic E-state index is 12.2. The van der Waals surface area contributed by atoms with E-state index in [0.29, 0.717) is 10.6 Å². The lowest BCUT2D eigenvalue weighted by Crippen LogP contribution is -2.11. The van der Waals surface area contributed by atoms with Crippen molar-refractivity contribution in [1.82, 2.24) is 0 Å². The highest BCUT2D eigenvalue weighted by molar-refractivity contribution is 7.61. The fraction of sp³-hybridized carbons (Fsp3) is 0.125. The molecule has 0 aliphatic heterocycles. The molecule has 0 saturated carbocycles. The van der Waals surface area contributed by atoms with Gasteiger partial charge in [0.25, 0.3) is 0 Å². The highest BCUT2D eigenvalue weighted by Crippen LogP contribution is 2.42. The third-order valence-electron chi connectivity index (χ3n) is 2.68. The van der Waals surface area contributed by atoms with Gasteiger partial charge < -0.3 is 9.42 Å². The molecule has 1 unspecified atom stereocenters. The van der Waals surface area contributed by atoms with Crippen LogP contribution in [-0.2, 0) is 9.09 Å². The Morgan fingerprint density at radius 1 is 1.19 bits per heavy atom. The molecule has 21 heavy (non-hydrogen) atoms. The van der Waals surface area contributed by atoms with E-state index in [-0.39, 0.29) is 11.9 Å². The smallest absolute Gasteiger partial charge is 0.321 e. The van der Waals surface area contributed by atoms with Crippen LogP contribution in [0.2, 0.25) is 5.02 Å². The molecule has 0 saturated heterocycles. The highest BCUT2D eigenvalue weighted by Gasteiger charge is 2.25. The lowest BCUT2D eigenvalue weighted by Gasteiger charge is -2.12. The van der Waals surface area contributed by atoms with Crippen molar-refractivity contribution in [3.8, 4) is 11.8 Å². The summed E-state index contributed by atoms with van der Waals surface area (Å²) in [5.74, 6) is 5.85. The van der Waals surface area contributed by atoms with Crippen LogP contribution in [-0.4, -0.2) is 11.5 Å². The van der Waals surface area contributed by atoms with Crippen LogP contribution in [0.3, 0.4) is 0 Å². The molecule has 0 bridgehead atoms. The van der Waals surface area contributed by atoms with Crippen molar-refractivity contribution in [3.63, 3.8) is 0 Å². The van der Waals surface area contributed by atoms with Gasteiger partial charge in [-0.2, -0.15) is 0 Å². The molecule has 5 heteroatoms. The average Bonchev–Trinajstić information content (AvgIpc) is 2.47. The third-order valence-corrected chi connectivity index (χ3v) is 4.51. The van der Waals surface area contributed by atoms with Crippen LogP contribution in [0.5, 0.6) is 0 Å². The summed E-state index contributed by atoms with van der Waals surface area (Å²) in [6, 6.07) is 14.1. The zero-order chi connectivity index (χ0) is 15.3. The molecular formula is C16H14ClO3P. The first-order chi connectivity index (χ1) is 10.0. The van der Waals surface area contributed by atoms with E-state index in [1.807, 2.05) is 30.3 Å². The van der Waals surface area contributed by atoms with E-state index in [9.17, 15) is 9.46 Å². The van der Waals surface area contributed by atoms with E-state index in [4.69, 9.17) is 16.1 Å². The van der Waals surface area contributed by atoms with Crippen molar-refractivity contribution in [2.45, 2.75) is 6.92 Å². The van der Waals surface area contributed by atoms with Gasteiger partial charge in [-0.25, -0.2) is 0 Å². The Morgan fingerprint density at radius 2 is 1.90 bits per heavy atom. The number of hydrogen-bond donors (Lipinski definition) is 1. The van der Waals surface area contributed by atoms with Crippen molar-refractivity contribution in [1.29, 1.82) is 0 Å². The van der Waals surface area contributed by atoms with Crippen LogP contribution in [0.4, 0.5) is 0 Å². The normalized spacial score (nSPS) is 13.1. The molecule has 0 heterocycles. The van der Waals surface area contributed by atoms with E-state index in [1.165, 1.54) is 6.07 Å². The largest absolute Gasteiger partial charge is 0.360 e. The summed E-state index contributed by atoms with van der Waals surface area (Å²) in [6.45, 7) is 1.79. The first-order valence-electron chi connectivity index (χ1n) is 6.37. The second-order valence-corrected chi connectivity index (χ2v) is 6.43. The maximum absolute atomic E-state index is 12.2. The van der Waals surface area contributed by atoms with Gasteiger partial charge in [0.1, 0.15) is 0 Å². The molecule has 0 amide bonds. The number of hydrogen-bond acceptors (Lipinski definition) is 2. The van der Waals surface area contributed by atoms with Crippen LogP contribution in [0.15, 0.2) is 48.5 Å². The van der Waals surface area contributed by atoms with Crippen molar-refractivity contribution < 1.29 is 14.0 Å². The zero-order valence-corrected chi connectivity index (χ0v) is 13.1. The molecule has 108 valence electrons. The van der Waals surface area contributed by atoms with Gasteiger partial charge >= 0.3 is 7.60 Å². The number of benzene rings is 2. The van der Waals surface area contributed by atoms with Gasteiger partial charge in [-0.05, 0) is 37.3 Å². The summed E-state index contributed by atoms with van der Waals surface area (Å²) >= 11 is 5.90. The molecule has 2 aromatic rings. The quantitative estimate of drug-likeness (QED) is 0.694. The van der Waals surface area contributed by atoms with E-state index >= 15 is 0 Å². The lowest BCUT2D eigenvalue weighted by atomic mass is 10.2. The molecule has 0 aliphatic carbocycles. The fourth-order valence-corrected chi connectivity index (χ4v) is 3.22. The second-order valence-electron chi connectivity index (χ2n) is 4.22. The predicted molar refractivity (Wildman–Crippen MR) is 85.0 cm³/mol. The minimum Gasteiger partial charge on any atom is -0.321 e. The molecule has 2 rings (SSSR count). The maximum Gasteiger partial charge on any atom is 0.360 e. The summed E-state index contributed by atoms with van der Waals surface area (Å²) in [7, 11) is -3.92. The molecule has 0 fully saturated rings. The molecule has 0 aliphatic rings. The van der Waals surface area contributed by atoms with Crippen molar-refractivity contribution in [3.05, 3.63) is 64.7 Å². The van der Waals surface area contributed by atoms with Crippen LogP contribution >= 0.6 is 19.2 Å². The molecule has 2 aromatic carbocycles. The second kappa shape index (κ2) is 6.93. The van der Waals surface area contributed by atoms with E-state index in [1.54, 1.807) is 19.1 Å². The SMILES string of the molecule is CCOP(=O)(O)c1cc(Cl)ccc1C#Cc1ccccc1. The molecule has 1 atom stereocenters. The van der Waals surface area contributed by atoms with Crippen LogP contribution in [0.1, 0.15) is 18.1 Å². The van der Waals surface area contributed by atoms with Gasteiger partial charge in [0.15, 0.2) is 0 Å². The van der Waals surface area contributed by atoms with Gasteiger partial charge in [-0.15, -0.1) is 0 Å². The summed E-state index contributed by atoms with van der Waals surface area (Å²) in [5, 5.41) is 0.490. The Morgan fingerprint density at radius 3 is 2.57 bits per heavy atom. The molecule has 0 aromatic heterocycles. The Balaban J connectivity index is 2.46. The Bertz CT molecular complexity index is 732. The van der Waals surface area contributed by atoms with E-state index in [2.05, 4.69) is 11.8 Å². The van der Waals surface area contributed by atoms with Crippen LogP contribution < -0.4 is 5.30 Å². The molecular weight excluding hydrogens is 307 g/mol. The van der Waals surface area contributed by atoms with Gasteiger partial charge in [0, 0.05) is 16.1 Å². The number of rotatable bonds is 3. The average molecular weight is 321 g/mol. The summed E-state index contributed by atoms with van der Waals surface area (Å²) in [4.78, 5) is 10.00. The van der Waals surface area contributed by atoms with Gasteiger partial charge in [-0.1, -0.05) is 41.6 Å². The molecule has 0 spiro atoms. The van der Waals surface area contributed by atoms with E-state index < -0.39 is 7.60 Å². The predicted octanol–water partition coefficient (Wildman–Crippen LogP) is 3.59. The lowest BCUT2D eigenvalue weighted by molar-refractivity contribution is 0.284. The standard InChI is InChI=1S/C16H14ClO3P/c1-2-20-21(18,19)16-12-15(17)11-10-14(16)9-8-13-6-4-3-5-7-13/h3-7,10-12H,2H2,1H3,(H,18,19). The third kappa shape index (κ3) is 4.20. The Labute approximate surface area is 129 Å². The summed E-state index contributed by atoms with van der Waals surface area (Å²) < 4.78 is 17.2. The van der Waals surface area contributed by atoms with Crippen molar-refractivity contribution in [2.75, 3.05) is 6.61 Å². The van der Waals surface area contributed by atoms with Crippen molar-refractivity contribution >= 4 is 24.5 Å². The Hall–Kier alpha value is -1.56. The monoisotopic (exact) mass is 320 g/mol. The van der Waals surface area contributed by atoms with Gasteiger partial charge in [0.05, 0.1) is 11.9 Å². The van der Waals surface area contributed by atoms with E-state index in [0.717, 1.165) is 5.56 Å². The minimum absolute atomic E-state index is 0.125. The molecule has 3 nitrogen and oxygen atoms in total. The van der Waals surface area contributed by atoms with Crippen LogP contribution in [0.25, 0.3) is 0 Å². The van der Waals surface area contributed by atoms with Crippen LogP contribution in [0, 0.1) is 11.8 Å². The number of halogens is 1. The van der Waals surface area contributed by atoms with Crippen molar-refractivity contribution in [2.24, 2.45) is 0 Å². The minimum atomic E-state index is -3.92. The Kier molecular flexibility index (Phi) is 5.22. The highest BCUT2D eigenvalue weighted by atomic mass is 35.5.